The molecule has 3 rings (SSSR count). The Morgan fingerprint density at radius 1 is 1.30 bits per heavy atom. The van der Waals surface area contributed by atoms with Gasteiger partial charge in [-0.1, -0.05) is 37.6 Å². The third-order valence-corrected chi connectivity index (χ3v) is 4.30. The molecule has 0 amide bonds. The van der Waals surface area contributed by atoms with Crippen LogP contribution in [0.25, 0.3) is 11.3 Å². The maximum atomic E-state index is 12.1. The summed E-state index contributed by atoms with van der Waals surface area (Å²) in [4.78, 5) is 19.6. The standard InChI is InChI=1S/C17H20N2O/c1-3-15-18-16(11(2)17(20)19-15)14-10-5-4-9-13(14)12-7-6-8-12/h4-5,9-10,12H,3,6-8H2,1-2H3,(H,18,19,20). The lowest BCUT2D eigenvalue weighted by molar-refractivity contribution is 0.420. The van der Waals surface area contributed by atoms with Gasteiger partial charge in [0.25, 0.3) is 5.56 Å². The van der Waals surface area contributed by atoms with Gasteiger partial charge in [0, 0.05) is 17.5 Å². The van der Waals surface area contributed by atoms with Crippen molar-refractivity contribution in [3.05, 3.63) is 51.6 Å². The van der Waals surface area contributed by atoms with Crippen LogP contribution >= 0.6 is 0 Å². The Kier molecular flexibility index (Phi) is 3.43. The van der Waals surface area contributed by atoms with Gasteiger partial charge in [-0.05, 0) is 31.2 Å². The summed E-state index contributed by atoms with van der Waals surface area (Å²) in [5.41, 5.74) is 4.04. The fourth-order valence-electron chi connectivity index (χ4n) is 2.80. The number of nitrogens with zero attached hydrogens (tertiary/aromatic N) is 1. The van der Waals surface area contributed by atoms with Crippen LogP contribution in [-0.4, -0.2) is 9.97 Å². The van der Waals surface area contributed by atoms with Crippen LogP contribution < -0.4 is 5.56 Å². The van der Waals surface area contributed by atoms with Gasteiger partial charge in [-0.3, -0.25) is 4.79 Å². The van der Waals surface area contributed by atoms with Crippen molar-refractivity contribution < 1.29 is 0 Å². The van der Waals surface area contributed by atoms with Gasteiger partial charge in [0.05, 0.1) is 5.69 Å². The first-order chi connectivity index (χ1) is 9.70. The van der Waals surface area contributed by atoms with Gasteiger partial charge in [-0.15, -0.1) is 0 Å². The second-order valence-electron chi connectivity index (χ2n) is 5.55. The number of hydrogen-bond donors (Lipinski definition) is 1. The average molecular weight is 268 g/mol. The van der Waals surface area contributed by atoms with Crippen LogP contribution in [-0.2, 0) is 6.42 Å². The normalized spacial score (nSPS) is 15.1. The van der Waals surface area contributed by atoms with Crippen LogP contribution in [0.15, 0.2) is 29.1 Å². The molecule has 1 aromatic carbocycles. The minimum absolute atomic E-state index is 0.0183. The van der Waals surface area contributed by atoms with Gasteiger partial charge < -0.3 is 4.98 Å². The molecule has 0 aliphatic heterocycles. The van der Waals surface area contributed by atoms with Crippen molar-refractivity contribution in [2.24, 2.45) is 0 Å². The van der Waals surface area contributed by atoms with Crippen molar-refractivity contribution in [1.82, 2.24) is 9.97 Å². The molecule has 1 heterocycles. The van der Waals surface area contributed by atoms with Crippen LogP contribution in [0, 0.1) is 6.92 Å². The highest BCUT2D eigenvalue weighted by molar-refractivity contribution is 5.67. The Balaban J connectivity index is 2.18. The highest BCUT2D eigenvalue weighted by Crippen LogP contribution is 2.40. The summed E-state index contributed by atoms with van der Waals surface area (Å²) in [6, 6.07) is 8.40. The molecular formula is C17H20N2O. The maximum Gasteiger partial charge on any atom is 0.254 e. The molecule has 0 atom stereocenters. The molecule has 3 heteroatoms. The molecule has 0 saturated heterocycles. The molecule has 1 N–H and O–H groups in total. The largest absolute Gasteiger partial charge is 0.310 e. The van der Waals surface area contributed by atoms with Gasteiger partial charge in [0.1, 0.15) is 5.82 Å². The lowest BCUT2D eigenvalue weighted by atomic mass is 9.77. The lowest BCUT2D eigenvalue weighted by Crippen LogP contribution is -2.17. The number of aromatic nitrogens is 2. The SMILES string of the molecule is CCc1nc(-c2ccccc2C2CCC2)c(C)c(=O)[nH]1. The van der Waals surface area contributed by atoms with Crippen molar-refractivity contribution in [2.75, 3.05) is 0 Å². The lowest BCUT2D eigenvalue weighted by Gasteiger charge is -2.28. The first-order valence-corrected chi connectivity index (χ1v) is 7.39. The maximum absolute atomic E-state index is 12.1. The summed E-state index contributed by atoms with van der Waals surface area (Å²) in [6.45, 7) is 3.87. The zero-order valence-electron chi connectivity index (χ0n) is 12.1. The summed E-state index contributed by atoms with van der Waals surface area (Å²) in [7, 11) is 0. The molecule has 1 fully saturated rings. The molecule has 1 aliphatic rings. The first kappa shape index (κ1) is 13.1. The third kappa shape index (κ3) is 2.17. The molecule has 0 spiro atoms. The van der Waals surface area contributed by atoms with E-state index in [1.807, 2.05) is 19.9 Å². The summed E-state index contributed by atoms with van der Waals surface area (Å²) in [5, 5.41) is 0. The van der Waals surface area contributed by atoms with E-state index in [0.29, 0.717) is 11.5 Å². The summed E-state index contributed by atoms with van der Waals surface area (Å²) >= 11 is 0. The van der Waals surface area contributed by atoms with E-state index in [4.69, 9.17) is 0 Å². The highest BCUT2D eigenvalue weighted by atomic mass is 16.1. The van der Waals surface area contributed by atoms with Crippen LogP contribution in [0.4, 0.5) is 0 Å². The summed E-state index contributed by atoms with van der Waals surface area (Å²) in [5.74, 6) is 1.40. The molecule has 3 nitrogen and oxygen atoms in total. The molecule has 0 unspecified atom stereocenters. The molecule has 2 aromatic rings. The quantitative estimate of drug-likeness (QED) is 0.924. The Labute approximate surface area is 119 Å². The minimum atomic E-state index is -0.0183. The van der Waals surface area contributed by atoms with Crippen molar-refractivity contribution in [3.63, 3.8) is 0 Å². The number of nitrogens with one attached hydrogen (secondary N) is 1. The van der Waals surface area contributed by atoms with E-state index in [9.17, 15) is 4.79 Å². The first-order valence-electron chi connectivity index (χ1n) is 7.39. The summed E-state index contributed by atoms with van der Waals surface area (Å²) in [6.07, 6.45) is 4.55. The number of H-pyrrole nitrogens is 1. The minimum Gasteiger partial charge on any atom is -0.310 e. The fraction of sp³-hybridized carbons (Fsp3) is 0.412. The van der Waals surface area contributed by atoms with E-state index < -0.39 is 0 Å². The van der Waals surface area contributed by atoms with Crippen molar-refractivity contribution >= 4 is 0 Å². The number of hydrogen-bond acceptors (Lipinski definition) is 2. The van der Waals surface area contributed by atoms with E-state index in [2.05, 4.69) is 28.2 Å². The van der Waals surface area contributed by atoms with Crippen molar-refractivity contribution in [3.8, 4) is 11.3 Å². The Morgan fingerprint density at radius 2 is 2.05 bits per heavy atom. The zero-order valence-corrected chi connectivity index (χ0v) is 12.1. The molecule has 1 saturated carbocycles. The van der Waals surface area contributed by atoms with Gasteiger partial charge in [0.2, 0.25) is 0 Å². The molecular weight excluding hydrogens is 248 g/mol. The number of benzene rings is 1. The second-order valence-corrected chi connectivity index (χ2v) is 5.55. The van der Waals surface area contributed by atoms with Crippen molar-refractivity contribution in [2.45, 2.75) is 45.4 Å². The molecule has 1 aliphatic carbocycles. The molecule has 0 radical (unpaired) electrons. The molecule has 1 aromatic heterocycles. The number of aromatic amines is 1. The van der Waals surface area contributed by atoms with Gasteiger partial charge in [0.15, 0.2) is 0 Å². The van der Waals surface area contributed by atoms with Crippen LogP contribution in [0.2, 0.25) is 0 Å². The van der Waals surface area contributed by atoms with Crippen LogP contribution in [0.3, 0.4) is 0 Å². The zero-order chi connectivity index (χ0) is 14.1. The molecule has 20 heavy (non-hydrogen) atoms. The average Bonchev–Trinajstić information content (AvgIpc) is 2.41. The Bertz CT molecular complexity index is 684. The molecule has 0 bridgehead atoms. The van der Waals surface area contributed by atoms with Crippen LogP contribution in [0.1, 0.15) is 49.1 Å². The van der Waals surface area contributed by atoms with Gasteiger partial charge in [-0.2, -0.15) is 0 Å². The van der Waals surface area contributed by atoms with Gasteiger partial charge >= 0.3 is 0 Å². The second kappa shape index (κ2) is 5.23. The monoisotopic (exact) mass is 268 g/mol. The highest BCUT2D eigenvalue weighted by Gasteiger charge is 2.23. The van der Waals surface area contributed by atoms with E-state index in [0.717, 1.165) is 23.5 Å². The van der Waals surface area contributed by atoms with Gasteiger partial charge in [-0.25, -0.2) is 4.98 Å². The van der Waals surface area contributed by atoms with E-state index >= 15 is 0 Å². The fourth-order valence-corrected chi connectivity index (χ4v) is 2.80. The van der Waals surface area contributed by atoms with E-state index in [1.165, 1.54) is 24.8 Å². The van der Waals surface area contributed by atoms with Crippen LogP contribution in [0.5, 0.6) is 0 Å². The third-order valence-electron chi connectivity index (χ3n) is 4.30. The van der Waals surface area contributed by atoms with E-state index in [-0.39, 0.29) is 5.56 Å². The summed E-state index contributed by atoms with van der Waals surface area (Å²) < 4.78 is 0. The van der Waals surface area contributed by atoms with Crippen molar-refractivity contribution in [1.29, 1.82) is 0 Å². The number of aryl methyl sites for hydroxylation is 1. The number of rotatable bonds is 3. The topological polar surface area (TPSA) is 45.8 Å². The Morgan fingerprint density at radius 3 is 2.70 bits per heavy atom. The predicted molar refractivity (Wildman–Crippen MR) is 81.0 cm³/mol. The van der Waals surface area contributed by atoms with E-state index in [1.54, 1.807) is 0 Å². The Hall–Kier alpha value is -1.90. The smallest absolute Gasteiger partial charge is 0.254 e. The molecule has 104 valence electrons. The predicted octanol–water partition coefficient (Wildman–Crippen LogP) is 3.58.